The summed E-state index contributed by atoms with van der Waals surface area (Å²) in [6.07, 6.45) is 1.36. The molecule has 58 valence electrons. The molecule has 2 aliphatic rings. The van der Waals surface area contributed by atoms with Gasteiger partial charge in [0.25, 0.3) is 0 Å². The zero-order valence-corrected chi connectivity index (χ0v) is 7.86. The maximum Gasteiger partial charge on any atom is 0.0771 e. The standard InChI is InChI=1S/C7H13NS2/c1-6-7(2-4-9-6)8-3-5-10-7/h6,8H,2-5H2,1H3. The molecule has 2 unspecified atom stereocenters. The summed E-state index contributed by atoms with van der Waals surface area (Å²) in [5.74, 6) is 2.66. The van der Waals surface area contributed by atoms with Crippen LogP contribution in [0.25, 0.3) is 0 Å². The molecule has 2 atom stereocenters. The van der Waals surface area contributed by atoms with E-state index < -0.39 is 0 Å². The van der Waals surface area contributed by atoms with Crippen LogP contribution in [0.15, 0.2) is 0 Å². The fraction of sp³-hybridized carbons (Fsp3) is 1.00. The summed E-state index contributed by atoms with van der Waals surface area (Å²) in [6.45, 7) is 3.57. The van der Waals surface area contributed by atoms with Crippen molar-refractivity contribution in [2.75, 3.05) is 18.1 Å². The number of hydrogen-bond acceptors (Lipinski definition) is 3. The highest BCUT2D eigenvalue weighted by Crippen LogP contribution is 2.45. The number of thioether (sulfide) groups is 2. The van der Waals surface area contributed by atoms with Gasteiger partial charge in [0.05, 0.1) is 4.87 Å². The molecule has 2 rings (SSSR count). The first-order valence-electron chi connectivity index (χ1n) is 3.84. The van der Waals surface area contributed by atoms with Gasteiger partial charge in [-0.15, -0.1) is 11.8 Å². The molecule has 0 aliphatic carbocycles. The van der Waals surface area contributed by atoms with Crippen LogP contribution in [0.2, 0.25) is 0 Å². The van der Waals surface area contributed by atoms with E-state index in [-0.39, 0.29) is 0 Å². The fourth-order valence-corrected chi connectivity index (χ4v) is 4.75. The van der Waals surface area contributed by atoms with E-state index in [2.05, 4.69) is 35.8 Å². The Hall–Kier alpha value is 0.660. The summed E-state index contributed by atoms with van der Waals surface area (Å²) in [7, 11) is 0. The predicted molar refractivity (Wildman–Crippen MR) is 49.7 cm³/mol. The topological polar surface area (TPSA) is 12.0 Å². The van der Waals surface area contributed by atoms with Crippen molar-refractivity contribution in [2.45, 2.75) is 23.5 Å². The number of nitrogens with one attached hydrogen (secondary N) is 1. The lowest BCUT2D eigenvalue weighted by atomic mass is 10.1. The minimum Gasteiger partial charge on any atom is -0.301 e. The number of hydrogen-bond donors (Lipinski definition) is 1. The summed E-state index contributed by atoms with van der Waals surface area (Å²) in [5, 5.41) is 4.44. The summed E-state index contributed by atoms with van der Waals surface area (Å²) in [4.78, 5) is 0.477. The monoisotopic (exact) mass is 175 g/mol. The maximum atomic E-state index is 3.62. The molecule has 10 heavy (non-hydrogen) atoms. The van der Waals surface area contributed by atoms with Crippen LogP contribution in [0, 0.1) is 0 Å². The lowest BCUT2D eigenvalue weighted by molar-refractivity contribution is 0.505. The van der Waals surface area contributed by atoms with Crippen LogP contribution in [0.5, 0.6) is 0 Å². The third kappa shape index (κ3) is 0.990. The van der Waals surface area contributed by atoms with E-state index in [1.165, 1.54) is 24.5 Å². The molecule has 0 aromatic carbocycles. The Morgan fingerprint density at radius 1 is 1.50 bits per heavy atom. The maximum absolute atomic E-state index is 3.62. The van der Waals surface area contributed by atoms with Crippen molar-refractivity contribution < 1.29 is 0 Å². The van der Waals surface area contributed by atoms with Crippen LogP contribution in [-0.4, -0.2) is 28.2 Å². The van der Waals surface area contributed by atoms with Gasteiger partial charge in [0, 0.05) is 17.5 Å². The van der Waals surface area contributed by atoms with Crippen LogP contribution in [0.1, 0.15) is 13.3 Å². The summed E-state index contributed by atoms with van der Waals surface area (Å²) < 4.78 is 0. The minimum atomic E-state index is 0.477. The molecule has 0 saturated carbocycles. The highest BCUT2D eigenvalue weighted by Gasteiger charge is 2.43. The first kappa shape index (κ1) is 7.32. The Kier molecular flexibility index (Phi) is 1.91. The second-order valence-corrected chi connectivity index (χ2v) is 5.80. The van der Waals surface area contributed by atoms with Gasteiger partial charge in [0.1, 0.15) is 0 Å². The first-order valence-corrected chi connectivity index (χ1v) is 5.87. The smallest absolute Gasteiger partial charge is 0.0771 e. The van der Waals surface area contributed by atoms with E-state index in [0.29, 0.717) is 4.87 Å². The van der Waals surface area contributed by atoms with Gasteiger partial charge in [-0.05, 0) is 12.2 Å². The Labute approximate surface area is 70.7 Å². The average molecular weight is 175 g/mol. The van der Waals surface area contributed by atoms with E-state index >= 15 is 0 Å². The van der Waals surface area contributed by atoms with Crippen molar-refractivity contribution in [1.29, 1.82) is 0 Å². The van der Waals surface area contributed by atoms with Gasteiger partial charge >= 0.3 is 0 Å². The van der Waals surface area contributed by atoms with Gasteiger partial charge in [-0.1, -0.05) is 6.92 Å². The summed E-state index contributed by atoms with van der Waals surface area (Å²) in [5.41, 5.74) is 0. The highest BCUT2D eigenvalue weighted by molar-refractivity contribution is 8.05. The van der Waals surface area contributed by atoms with Crippen molar-refractivity contribution in [3.8, 4) is 0 Å². The second kappa shape index (κ2) is 2.61. The SMILES string of the molecule is CC1SCCC12NCCS2. The van der Waals surface area contributed by atoms with Crippen LogP contribution < -0.4 is 5.32 Å². The zero-order valence-electron chi connectivity index (χ0n) is 6.22. The van der Waals surface area contributed by atoms with Gasteiger partial charge in [-0.2, -0.15) is 11.8 Å². The first-order chi connectivity index (χ1) is 4.83. The molecule has 1 nitrogen and oxygen atoms in total. The quantitative estimate of drug-likeness (QED) is 0.600. The average Bonchev–Trinajstić information content (AvgIpc) is 2.48. The normalized spacial score (nSPS) is 47.1. The number of rotatable bonds is 0. The minimum absolute atomic E-state index is 0.477. The molecule has 3 heteroatoms. The lowest BCUT2D eigenvalue weighted by Crippen LogP contribution is -2.41. The molecule has 0 amide bonds. The predicted octanol–water partition coefficient (Wildman–Crippen LogP) is 1.54. The fourth-order valence-electron chi connectivity index (χ4n) is 1.69. The molecule has 0 bridgehead atoms. The molecule has 2 aliphatic heterocycles. The molecule has 2 fully saturated rings. The molecule has 1 spiro atoms. The second-order valence-electron chi connectivity index (χ2n) is 2.93. The van der Waals surface area contributed by atoms with Gasteiger partial charge in [0.15, 0.2) is 0 Å². The van der Waals surface area contributed by atoms with Gasteiger partial charge in [-0.3, -0.25) is 0 Å². The van der Waals surface area contributed by atoms with Crippen molar-refractivity contribution in [2.24, 2.45) is 0 Å². The summed E-state index contributed by atoms with van der Waals surface area (Å²) >= 11 is 4.24. The molecule has 0 aromatic rings. The van der Waals surface area contributed by atoms with Gasteiger partial charge in [0.2, 0.25) is 0 Å². The third-order valence-corrected chi connectivity index (χ3v) is 5.50. The molecule has 0 aromatic heterocycles. The van der Waals surface area contributed by atoms with Crippen molar-refractivity contribution in [3.05, 3.63) is 0 Å². The van der Waals surface area contributed by atoms with Gasteiger partial charge < -0.3 is 5.32 Å². The van der Waals surface area contributed by atoms with Crippen molar-refractivity contribution in [3.63, 3.8) is 0 Å². The molecule has 2 saturated heterocycles. The molecule has 1 N–H and O–H groups in total. The van der Waals surface area contributed by atoms with E-state index in [1.54, 1.807) is 0 Å². The molecular weight excluding hydrogens is 162 g/mol. The molecular formula is C7H13NS2. The third-order valence-electron chi connectivity index (χ3n) is 2.38. The van der Waals surface area contributed by atoms with Crippen LogP contribution in [0.4, 0.5) is 0 Å². The zero-order chi connectivity index (χ0) is 7.03. The Bertz CT molecular complexity index is 126. The van der Waals surface area contributed by atoms with E-state index in [0.717, 1.165) is 5.25 Å². The van der Waals surface area contributed by atoms with E-state index in [9.17, 15) is 0 Å². The Morgan fingerprint density at radius 2 is 2.40 bits per heavy atom. The Balaban J connectivity index is 2.11. The van der Waals surface area contributed by atoms with Gasteiger partial charge in [-0.25, -0.2) is 0 Å². The Morgan fingerprint density at radius 3 is 2.90 bits per heavy atom. The summed E-state index contributed by atoms with van der Waals surface area (Å²) in [6, 6.07) is 0. The largest absolute Gasteiger partial charge is 0.301 e. The molecule has 2 heterocycles. The van der Waals surface area contributed by atoms with E-state index in [4.69, 9.17) is 0 Å². The van der Waals surface area contributed by atoms with Crippen LogP contribution in [-0.2, 0) is 0 Å². The van der Waals surface area contributed by atoms with Crippen LogP contribution in [0.3, 0.4) is 0 Å². The van der Waals surface area contributed by atoms with Crippen LogP contribution >= 0.6 is 23.5 Å². The van der Waals surface area contributed by atoms with Crippen molar-refractivity contribution in [1.82, 2.24) is 5.32 Å². The lowest BCUT2D eigenvalue weighted by Gasteiger charge is -2.26. The van der Waals surface area contributed by atoms with Crippen molar-refractivity contribution >= 4 is 23.5 Å². The van der Waals surface area contributed by atoms with E-state index in [1.807, 2.05) is 0 Å². The molecule has 0 radical (unpaired) electrons. The highest BCUT2D eigenvalue weighted by atomic mass is 32.2.